The number of hydrogen-bond donors (Lipinski definition) is 0. The van der Waals surface area contributed by atoms with Gasteiger partial charge >= 0.3 is 0 Å². The minimum atomic E-state index is -0.0798. The maximum atomic E-state index is 2.44. The van der Waals surface area contributed by atoms with E-state index in [0.29, 0.717) is 0 Å². The van der Waals surface area contributed by atoms with E-state index in [0.717, 1.165) is 11.4 Å². The quantitative estimate of drug-likeness (QED) is 0.199. The van der Waals surface area contributed by atoms with Gasteiger partial charge in [-0.1, -0.05) is 125 Å². The van der Waals surface area contributed by atoms with Crippen molar-refractivity contribution < 1.29 is 0 Å². The average Bonchev–Trinajstić information content (AvgIpc) is 3.44. The van der Waals surface area contributed by atoms with Gasteiger partial charge in [-0.2, -0.15) is 0 Å². The van der Waals surface area contributed by atoms with Gasteiger partial charge in [0.25, 0.3) is 0 Å². The van der Waals surface area contributed by atoms with E-state index in [2.05, 4.69) is 172 Å². The summed E-state index contributed by atoms with van der Waals surface area (Å²) in [6.07, 6.45) is 0. The second-order valence-corrected chi connectivity index (χ2v) is 14.1. The number of nitrogens with zero attached hydrogens (tertiary/aromatic N) is 1. The third-order valence-electron chi connectivity index (χ3n) is 10.2. The second kappa shape index (κ2) is 9.94. The van der Waals surface area contributed by atoms with Gasteiger partial charge in [0.15, 0.2) is 0 Å². The summed E-state index contributed by atoms with van der Waals surface area (Å²) in [6, 6.07) is 51.3. The molecule has 0 aliphatic heterocycles. The summed E-state index contributed by atoms with van der Waals surface area (Å²) in [4.78, 5) is 2.44. The molecule has 1 aliphatic rings. The third kappa shape index (κ3) is 3.91. The number of hydrogen-bond acceptors (Lipinski definition) is 2. The minimum Gasteiger partial charge on any atom is -0.310 e. The number of benzene rings is 6. The topological polar surface area (TPSA) is 3.24 Å². The third-order valence-corrected chi connectivity index (χ3v) is 11.3. The van der Waals surface area contributed by atoms with E-state index in [4.69, 9.17) is 0 Å². The highest BCUT2D eigenvalue weighted by molar-refractivity contribution is 7.26. The van der Waals surface area contributed by atoms with Crippen molar-refractivity contribution in [2.75, 3.05) is 4.90 Å². The maximum absolute atomic E-state index is 2.44. The van der Waals surface area contributed by atoms with Crippen molar-refractivity contribution in [3.8, 4) is 22.3 Å². The van der Waals surface area contributed by atoms with Crippen LogP contribution in [0.4, 0.5) is 17.1 Å². The molecule has 0 unspecified atom stereocenters. The van der Waals surface area contributed by atoms with Crippen LogP contribution < -0.4 is 4.90 Å². The first-order chi connectivity index (χ1) is 21.4. The summed E-state index contributed by atoms with van der Waals surface area (Å²) in [5, 5.41) is 2.61. The van der Waals surface area contributed by atoms with Crippen LogP contribution in [-0.2, 0) is 10.8 Å². The van der Waals surface area contributed by atoms with Crippen LogP contribution in [-0.4, -0.2) is 0 Å². The summed E-state index contributed by atoms with van der Waals surface area (Å²) in [5.41, 5.74) is 11.5. The van der Waals surface area contributed by atoms with Gasteiger partial charge < -0.3 is 4.90 Å². The Morgan fingerprint density at radius 2 is 1.14 bits per heavy atom. The first-order valence-electron chi connectivity index (χ1n) is 15.5. The van der Waals surface area contributed by atoms with Crippen molar-refractivity contribution in [3.63, 3.8) is 0 Å². The van der Waals surface area contributed by atoms with Gasteiger partial charge in [0.1, 0.15) is 0 Å². The van der Waals surface area contributed by atoms with E-state index in [1.165, 1.54) is 59.2 Å². The summed E-state index contributed by atoms with van der Waals surface area (Å²) < 4.78 is 2.62. The highest BCUT2D eigenvalue weighted by atomic mass is 32.1. The number of fused-ring (bicyclic) bond motifs is 6. The molecule has 1 heterocycles. The molecular weight excluding hydrogens is 551 g/mol. The van der Waals surface area contributed by atoms with E-state index < -0.39 is 0 Å². The molecule has 0 atom stereocenters. The molecule has 0 radical (unpaired) electrons. The minimum absolute atomic E-state index is 0.0317. The van der Waals surface area contributed by atoms with Gasteiger partial charge in [0.2, 0.25) is 0 Å². The Bertz CT molecular complexity index is 2180. The molecule has 0 bridgehead atoms. The molecule has 1 nitrogen and oxygen atoms in total. The fourth-order valence-electron chi connectivity index (χ4n) is 7.36. The molecule has 0 N–H and O–H groups in total. The largest absolute Gasteiger partial charge is 0.310 e. The number of rotatable bonds is 4. The lowest BCUT2D eigenvalue weighted by atomic mass is 9.54. The molecule has 214 valence electrons. The van der Waals surface area contributed by atoms with E-state index in [-0.39, 0.29) is 10.8 Å². The molecule has 1 aliphatic carbocycles. The van der Waals surface area contributed by atoms with E-state index in [1.807, 2.05) is 11.3 Å². The van der Waals surface area contributed by atoms with Crippen LogP contribution in [0.2, 0.25) is 0 Å². The van der Waals surface area contributed by atoms with Crippen LogP contribution in [0.3, 0.4) is 0 Å². The number of para-hydroxylation sites is 1. The van der Waals surface area contributed by atoms with Crippen molar-refractivity contribution in [2.24, 2.45) is 0 Å². The van der Waals surface area contributed by atoms with Crippen molar-refractivity contribution >= 4 is 48.6 Å². The van der Waals surface area contributed by atoms with Crippen LogP contribution in [0.25, 0.3) is 42.4 Å². The van der Waals surface area contributed by atoms with Crippen molar-refractivity contribution in [2.45, 2.75) is 38.5 Å². The highest BCUT2D eigenvalue weighted by Gasteiger charge is 2.46. The molecule has 0 amide bonds. The van der Waals surface area contributed by atoms with Crippen LogP contribution in [0.15, 0.2) is 140 Å². The van der Waals surface area contributed by atoms with E-state index >= 15 is 0 Å². The predicted molar refractivity (Wildman–Crippen MR) is 191 cm³/mol. The van der Waals surface area contributed by atoms with Gasteiger partial charge in [-0.3, -0.25) is 0 Å². The lowest BCUT2D eigenvalue weighted by Gasteiger charge is -2.49. The molecule has 8 rings (SSSR count). The van der Waals surface area contributed by atoms with Gasteiger partial charge in [-0.25, -0.2) is 0 Å². The molecule has 0 spiro atoms. The SMILES string of the molecule is CC1(C)c2ccccc2-c2cccc(-c3cccc(N(c4ccccc4)c4cccc5sc6ccccc6c45)c3)c2C1(C)C. The Kier molecular flexibility index (Phi) is 6.08. The summed E-state index contributed by atoms with van der Waals surface area (Å²) >= 11 is 1.87. The maximum Gasteiger partial charge on any atom is 0.0554 e. The van der Waals surface area contributed by atoms with Gasteiger partial charge in [-0.05, 0) is 81.3 Å². The fourth-order valence-corrected chi connectivity index (χ4v) is 8.49. The normalized spacial score (nSPS) is 14.7. The molecular formula is C42H35NS. The Hall–Kier alpha value is -4.66. The fraction of sp³-hybridized carbons (Fsp3) is 0.143. The second-order valence-electron chi connectivity index (χ2n) is 13.0. The number of anilines is 3. The van der Waals surface area contributed by atoms with Crippen LogP contribution >= 0.6 is 11.3 Å². The first kappa shape index (κ1) is 26.9. The Labute approximate surface area is 264 Å². The molecule has 6 aromatic carbocycles. The molecule has 44 heavy (non-hydrogen) atoms. The predicted octanol–water partition coefficient (Wildman–Crippen LogP) is 12.4. The van der Waals surface area contributed by atoms with Crippen molar-refractivity contribution in [1.29, 1.82) is 0 Å². The van der Waals surface area contributed by atoms with Crippen molar-refractivity contribution in [1.82, 2.24) is 0 Å². The van der Waals surface area contributed by atoms with Gasteiger partial charge in [0.05, 0.1) is 5.69 Å². The van der Waals surface area contributed by atoms with Crippen LogP contribution in [0.5, 0.6) is 0 Å². The lowest BCUT2D eigenvalue weighted by Crippen LogP contribution is -2.43. The Balaban J connectivity index is 1.37. The summed E-state index contributed by atoms with van der Waals surface area (Å²) in [7, 11) is 0. The Morgan fingerprint density at radius 3 is 2.00 bits per heavy atom. The average molecular weight is 586 g/mol. The Morgan fingerprint density at radius 1 is 0.500 bits per heavy atom. The van der Waals surface area contributed by atoms with Crippen molar-refractivity contribution in [3.05, 3.63) is 151 Å². The zero-order valence-electron chi connectivity index (χ0n) is 25.6. The smallest absolute Gasteiger partial charge is 0.0554 e. The van der Waals surface area contributed by atoms with Gasteiger partial charge in [-0.15, -0.1) is 11.3 Å². The number of thiophene rings is 1. The van der Waals surface area contributed by atoms with Gasteiger partial charge in [0, 0.05) is 37.0 Å². The molecule has 7 aromatic rings. The lowest BCUT2D eigenvalue weighted by molar-refractivity contribution is 0.300. The van der Waals surface area contributed by atoms with Crippen LogP contribution in [0.1, 0.15) is 38.8 Å². The zero-order chi connectivity index (χ0) is 30.1. The standard InChI is InChI=1S/C42H35NS/c1-41(2)35-23-10-8-19-32(35)33-22-13-21-31(40(33)42(41,3)4)28-15-12-18-30(27-28)43(29-16-6-5-7-17-29)36-24-14-26-38-39(36)34-20-9-11-25-37(34)44-38/h5-27H,1-4H3. The highest BCUT2D eigenvalue weighted by Crippen LogP contribution is 2.56. The summed E-state index contributed by atoms with van der Waals surface area (Å²) in [6.45, 7) is 9.66. The molecule has 2 heteroatoms. The molecule has 1 aromatic heterocycles. The molecule has 0 saturated carbocycles. The first-order valence-corrected chi connectivity index (χ1v) is 16.3. The van der Waals surface area contributed by atoms with Crippen LogP contribution in [0, 0.1) is 0 Å². The zero-order valence-corrected chi connectivity index (χ0v) is 26.5. The molecule has 0 fully saturated rings. The summed E-state index contributed by atoms with van der Waals surface area (Å²) in [5.74, 6) is 0. The van der Waals surface area contributed by atoms with E-state index in [9.17, 15) is 0 Å². The monoisotopic (exact) mass is 585 g/mol. The molecule has 0 saturated heterocycles. The van der Waals surface area contributed by atoms with E-state index in [1.54, 1.807) is 0 Å².